The fraction of sp³-hybridized carbons (Fsp3) is 0.462. The van der Waals surface area contributed by atoms with Crippen LogP contribution in [0.25, 0.3) is 0 Å². The van der Waals surface area contributed by atoms with E-state index >= 15 is 0 Å². The Balaban J connectivity index is 2.93. The van der Waals surface area contributed by atoms with Gasteiger partial charge in [0.25, 0.3) is 0 Å². The van der Waals surface area contributed by atoms with Gasteiger partial charge in [-0.05, 0) is 38.8 Å². The third-order valence-corrected chi connectivity index (χ3v) is 4.32. The number of nitrogens with zero attached hydrogens (tertiary/aromatic N) is 1. The first-order valence-corrected chi connectivity index (χ1v) is 7.38. The van der Waals surface area contributed by atoms with Gasteiger partial charge in [-0.15, -0.1) is 11.3 Å². The van der Waals surface area contributed by atoms with Crippen LogP contribution in [0.2, 0.25) is 5.15 Å². The summed E-state index contributed by atoms with van der Waals surface area (Å²) in [6.07, 6.45) is 3.68. The topological polar surface area (TPSA) is 48.0 Å². The Morgan fingerprint density at radius 3 is 2.74 bits per heavy atom. The van der Waals surface area contributed by atoms with E-state index in [4.69, 9.17) is 11.6 Å². The van der Waals surface area contributed by atoms with Gasteiger partial charge in [0, 0.05) is 17.6 Å². The van der Waals surface area contributed by atoms with Crippen molar-refractivity contribution >= 4 is 23.0 Å². The van der Waals surface area contributed by atoms with Gasteiger partial charge in [-0.25, -0.2) is 9.37 Å². The number of nitrogens with one attached hydrogen (secondary N) is 1. The molecule has 0 radical (unpaired) electrons. The fourth-order valence-electron chi connectivity index (χ4n) is 1.35. The van der Waals surface area contributed by atoms with Crippen molar-refractivity contribution in [3.63, 3.8) is 0 Å². The summed E-state index contributed by atoms with van der Waals surface area (Å²) in [7, 11) is 0. The lowest BCUT2D eigenvalue weighted by Crippen LogP contribution is -2.41. The molecule has 0 aromatic carbocycles. The molecule has 1 aromatic heterocycles. The molecule has 0 aliphatic rings. The summed E-state index contributed by atoms with van der Waals surface area (Å²) in [4.78, 5) is 3.77. The summed E-state index contributed by atoms with van der Waals surface area (Å²) >= 11 is 4.29. The molecule has 0 bridgehead atoms. The zero-order valence-electron chi connectivity index (χ0n) is 11.2. The molecule has 3 nitrogen and oxygen atoms in total. The first kappa shape index (κ1) is 16.4. The predicted molar refractivity (Wildman–Crippen MR) is 77.8 cm³/mol. The van der Waals surface area contributed by atoms with Crippen LogP contribution in [0.15, 0.2) is 24.9 Å². The minimum absolute atomic E-state index is 0.168. The molecule has 1 aromatic rings. The second-order valence-electron chi connectivity index (χ2n) is 5.12. The first-order chi connectivity index (χ1) is 8.75. The summed E-state index contributed by atoms with van der Waals surface area (Å²) in [6.45, 7) is 9.24. The van der Waals surface area contributed by atoms with Crippen molar-refractivity contribution in [2.45, 2.75) is 38.0 Å². The standard InChI is InChI=1S/C13H18ClFN2OS/c1-5-6-11(17-19(18)13(2,3)4)9-7-10(15)12(14)16-8-9/h5,7-8,11,17H,1,6H2,2-4H3/t11-,19+/m0/s1. The zero-order chi connectivity index (χ0) is 14.6. The lowest BCUT2D eigenvalue weighted by Gasteiger charge is -2.27. The van der Waals surface area contributed by atoms with Crippen LogP contribution in [0.3, 0.4) is 0 Å². The molecular weight excluding hydrogens is 287 g/mol. The molecule has 0 saturated heterocycles. The SMILES string of the molecule is C=CC[C@H](N[S@+]([O-])C(C)(C)C)c1cnc(Cl)c(F)c1. The maximum absolute atomic E-state index is 13.4. The van der Waals surface area contributed by atoms with E-state index in [1.54, 1.807) is 6.08 Å². The molecule has 106 valence electrons. The summed E-state index contributed by atoms with van der Waals surface area (Å²) in [5.41, 5.74) is 0.597. The maximum atomic E-state index is 13.4. The Labute approximate surface area is 121 Å². The van der Waals surface area contributed by atoms with E-state index in [1.807, 2.05) is 20.8 Å². The Bertz CT molecular complexity index is 451. The summed E-state index contributed by atoms with van der Waals surface area (Å²) in [6, 6.07) is 0.993. The van der Waals surface area contributed by atoms with E-state index in [0.717, 1.165) is 0 Å². The van der Waals surface area contributed by atoms with E-state index < -0.39 is 21.9 Å². The van der Waals surface area contributed by atoms with Crippen LogP contribution < -0.4 is 4.72 Å². The van der Waals surface area contributed by atoms with Crippen molar-refractivity contribution in [1.82, 2.24) is 9.71 Å². The van der Waals surface area contributed by atoms with Crippen molar-refractivity contribution in [3.05, 3.63) is 41.5 Å². The third kappa shape index (κ3) is 4.76. The van der Waals surface area contributed by atoms with Gasteiger partial charge in [0.05, 0.1) is 6.04 Å². The van der Waals surface area contributed by atoms with Crippen LogP contribution in [0.5, 0.6) is 0 Å². The van der Waals surface area contributed by atoms with Crippen LogP contribution in [-0.2, 0) is 11.4 Å². The van der Waals surface area contributed by atoms with Gasteiger partial charge in [0.1, 0.15) is 4.75 Å². The molecule has 0 aliphatic carbocycles. The molecule has 1 N–H and O–H groups in total. The zero-order valence-corrected chi connectivity index (χ0v) is 12.8. The van der Waals surface area contributed by atoms with E-state index in [2.05, 4.69) is 16.3 Å². The van der Waals surface area contributed by atoms with Crippen LogP contribution in [0.1, 0.15) is 38.8 Å². The van der Waals surface area contributed by atoms with Crippen molar-refractivity contribution in [3.8, 4) is 0 Å². The molecule has 0 amide bonds. The maximum Gasteiger partial charge on any atom is 0.164 e. The summed E-state index contributed by atoms with van der Waals surface area (Å²) in [5, 5.41) is -0.168. The lowest BCUT2D eigenvalue weighted by atomic mass is 10.1. The minimum Gasteiger partial charge on any atom is -0.598 e. The Hall–Kier alpha value is -0.620. The lowest BCUT2D eigenvalue weighted by molar-refractivity contribution is 0.522. The molecule has 1 heterocycles. The quantitative estimate of drug-likeness (QED) is 0.514. The highest BCUT2D eigenvalue weighted by molar-refractivity contribution is 7.90. The molecule has 2 atom stereocenters. The molecular formula is C13H18ClFN2OS. The number of hydrogen-bond donors (Lipinski definition) is 1. The minimum atomic E-state index is -1.26. The van der Waals surface area contributed by atoms with Gasteiger partial charge in [-0.2, -0.15) is 0 Å². The highest BCUT2D eigenvalue weighted by atomic mass is 35.5. The van der Waals surface area contributed by atoms with Crippen molar-refractivity contribution < 1.29 is 8.94 Å². The highest BCUT2D eigenvalue weighted by Gasteiger charge is 2.29. The Morgan fingerprint density at radius 2 is 2.26 bits per heavy atom. The van der Waals surface area contributed by atoms with Crippen LogP contribution in [0.4, 0.5) is 4.39 Å². The van der Waals surface area contributed by atoms with Crippen LogP contribution in [0, 0.1) is 5.82 Å². The van der Waals surface area contributed by atoms with Gasteiger partial charge in [0.2, 0.25) is 0 Å². The molecule has 0 unspecified atom stereocenters. The Morgan fingerprint density at radius 1 is 1.63 bits per heavy atom. The number of aromatic nitrogens is 1. The second kappa shape index (κ2) is 6.70. The van der Waals surface area contributed by atoms with Gasteiger partial charge < -0.3 is 4.55 Å². The molecule has 19 heavy (non-hydrogen) atoms. The monoisotopic (exact) mass is 304 g/mol. The third-order valence-electron chi connectivity index (χ3n) is 2.43. The molecule has 0 spiro atoms. The summed E-state index contributed by atoms with van der Waals surface area (Å²) in [5.74, 6) is -0.587. The van der Waals surface area contributed by atoms with E-state index in [0.29, 0.717) is 12.0 Å². The van der Waals surface area contributed by atoms with Crippen molar-refractivity contribution in [1.29, 1.82) is 0 Å². The largest absolute Gasteiger partial charge is 0.598 e. The molecule has 0 saturated carbocycles. The average molecular weight is 305 g/mol. The Kier molecular flexibility index (Phi) is 5.80. The molecule has 6 heteroatoms. The number of pyridine rings is 1. The van der Waals surface area contributed by atoms with Crippen molar-refractivity contribution in [2.24, 2.45) is 0 Å². The second-order valence-corrected chi connectivity index (χ2v) is 7.47. The van der Waals surface area contributed by atoms with Gasteiger partial charge in [-0.1, -0.05) is 17.7 Å². The summed E-state index contributed by atoms with van der Waals surface area (Å²) < 4.78 is 28.1. The van der Waals surface area contributed by atoms with Crippen LogP contribution >= 0.6 is 11.6 Å². The van der Waals surface area contributed by atoms with Gasteiger partial charge >= 0.3 is 0 Å². The van der Waals surface area contributed by atoms with Gasteiger partial charge in [-0.3, -0.25) is 0 Å². The highest BCUT2D eigenvalue weighted by Crippen LogP contribution is 2.24. The average Bonchev–Trinajstić information content (AvgIpc) is 2.31. The number of halogens is 2. The molecule has 0 aliphatic heterocycles. The molecule has 0 fully saturated rings. The smallest absolute Gasteiger partial charge is 0.164 e. The first-order valence-electron chi connectivity index (χ1n) is 5.85. The fourth-order valence-corrected chi connectivity index (χ4v) is 2.30. The van der Waals surface area contributed by atoms with E-state index in [1.165, 1.54) is 12.3 Å². The molecule has 1 rings (SSSR count). The van der Waals surface area contributed by atoms with Crippen molar-refractivity contribution in [2.75, 3.05) is 0 Å². The van der Waals surface area contributed by atoms with Gasteiger partial charge in [0.15, 0.2) is 11.0 Å². The van der Waals surface area contributed by atoms with E-state index in [-0.39, 0.29) is 11.2 Å². The van der Waals surface area contributed by atoms with Crippen LogP contribution in [-0.4, -0.2) is 14.3 Å². The van der Waals surface area contributed by atoms with E-state index in [9.17, 15) is 8.94 Å². The predicted octanol–water partition coefficient (Wildman–Crippen LogP) is 3.54. The normalized spacial score (nSPS) is 15.1. The number of rotatable bonds is 5. The number of hydrogen-bond acceptors (Lipinski definition) is 3.